The molecule has 0 aliphatic carbocycles. The molecule has 0 saturated carbocycles. The van der Waals surface area contributed by atoms with Gasteiger partial charge in [-0.15, -0.1) is 0 Å². The fraction of sp³-hybridized carbons (Fsp3) is 0.167. The molecule has 0 atom stereocenters. The van der Waals surface area contributed by atoms with Crippen LogP contribution in [0.5, 0.6) is 5.88 Å². The van der Waals surface area contributed by atoms with Gasteiger partial charge in [-0.25, -0.2) is 4.98 Å². The minimum absolute atomic E-state index is 0.106. The van der Waals surface area contributed by atoms with E-state index in [2.05, 4.69) is 9.97 Å². The number of aromatic amines is 1. The summed E-state index contributed by atoms with van der Waals surface area (Å²) in [7, 11) is 0. The largest absolute Gasteiger partial charge is 0.493 e. The second kappa shape index (κ2) is 3.04. The monoisotopic (exact) mass is 169 g/mol. The number of aromatic nitrogens is 2. The molecule has 12 heavy (non-hydrogen) atoms. The number of rotatable bonds is 2. The molecule has 0 spiro atoms. The van der Waals surface area contributed by atoms with Crippen molar-refractivity contribution in [3.63, 3.8) is 0 Å². The van der Waals surface area contributed by atoms with Crippen LogP contribution >= 0.6 is 0 Å². The number of carbonyl (C=O) groups excluding carboxylic acids is 1. The molecule has 0 radical (unpaired) electrons. The van der Waals surface area contributed by atoms with E-state index < -0.39 is 17.3 Å². The van der Waals surface area contributed by atoms with Gasteiger partial charge in [-0.2, -0.15) is 0 Å². The Kier molecular flexibility index (Phi) is 2.09. The Bertz CT molecular complexity index is 357. The van der Waals surface area contributed by atoms with Gasteiger partial charge >= 0.3 is 0 Å². The zero-order chi connectivity index (χ0) is 9.14. The van der Waals surface area contributed by atoms with Crippen LogP contribution in [0.25, 0.3) is 0 Å². The van der Waals surface area contributed by atoms with Gasteiger partial charge in [0.25, 0.3) is 5.56 Å². The van der Waals surface area contributed by atoms with Crippen molar-refractivity contribution < 1.29 is 9.90 Å². The maximum absolute atomic E-state index is 10.9. The first-order valence-electron chi connectivity index (χ1n) is 3.15. The molecule has 1 rings (SSSR count). The lowest BCUT2D eigenvalue weighted by atomic mass is 10.2. The summed E-state index contributed by atoms with van der Waals surface area (Å²) in [4.78, 5) is 26.9. The smallest absolute Gasteiger partial charge is 0.258 e. The minimum atomic E-state index is -0.691. The van der Waals surface area contributed by atoms with Crippen molar-refractivity contribution in [1.29, 1.82) is 0 Å². The topological polar surface area (TPSA) is 109 Å². The van der Waals surface area contributed by atoms with E-state index in [0.29, 0.717) is 0 Å². The summed E-state index contributed by atoms with van der Waals surface area (Å²) in [6, 6.07) is 0. The Hall–Kier alpha value is -1.85. The zero-order valence-corrected chi connectivity index (χ0v) is 6.07. The molecule has 0 bridgehead atoms. The molecule has 0 unspecified atom stereocenters. The summed E-state index contributed by atoms with van der Waals surface area (Å²) in [5, 5.41) is 9.00. The summed E-state index contributed by atoms with van der Waals surface area (Å²) >= 11 is 0. The molecule has 6 nitrogen and oxygen atoms in total. The van der Waals surface area contributed by atoms with E-state index in [0.717, 1.165) is 6.33 Å². The maximum Gasteiger partial charge on any atom is 0.258 e. The summed E-state index contributed by atoms with van der Waals surface area (Å²) in [6.45, 7) is 0. The van der Waals surface area contributed by atoms with Crippen LogP contribution in [0.15, 0.2) is 11.1 Å². The van der Waals surface area contributed by atoms with Gasteiger partial charge in [0, 0.05) is 0 Å². The lowest BCUT2D eigenvalue weighted by molar-refractivity contribution is -0.117. The minimum Gasteiger partial charge on any atom is -0.493 e. The average molecular weight is 169 g/mol. The maximum atomic E-state index is 10.9. The molecule has 0 aliphatic heterocycles. The van der Waals surface area contributed by atoms with Gasteiger partial charge in [0.15, 0.2) is 0 Å². The van der Waals surface area contributed by atoms with E-state index in [1.54, 1.807) is 0 Å². The highest BCUT2D eigenvalue weighted by Gasteiger charge is 2.09. The zero-order valence-electron chi connectivity index (χ0n) is 6.07. The molecule has 1 heterocycles. The van der Waals surface area contributed by atoms with Gasteiger partial charge in [-0.1, -0.05) is 0 Å². The molecule has 4 N–H and O–H groups in total. The number of amides is 1. The molecule has 1 aromatic rings. The molecular weight excluding hydrogens is 162 g/mol. The third-order valence-electron chi connectivity index (χ3n) is 1.28. The number of nitrogens with zero attached hydrogens (tertiary/aromatic N) is 1. The highest BCUT2D eigenvalue weighted by atomic mass is 16.3. The first kappa shape index (κ1) is 8.25. The van der Waals surface area contributed by atoms with E-state index in [1.807, 2.05) is 0 Å². The van der Waals surface area contributed by atoms with Crippen molar-refractivity contribution >= 4 is 5.91 Å². The molecule has 0 saturated heterocycles. The Labute approximate surface area is 67.1 Å². The first-order chi connectivity index (χ1) is 5.61. The normalized spacial score (nSPS) is 9.67. The van der Waals surface area contributed by atoms with E-state index in [1.165, 1.54) is 0 Å². The number of carbonyl (C=O) groups is 1. The van der Waals surface area contributed by atoms with E-state index >= 15 is 0 Å². The summed E-state index contributed by atoms with van der Waals surface area (Å²) in [6.07, 6.45) is 0.733. The molecule has 1 aromatic heterocycles. The molecule has 0 fully saturated rings. The van der Waals surface area contributed by atoms with E-state index in [4.69, 9.17) is 10.8 Å². The van der Waals surface area contributed by atoms with Crippen LogP contribution in [0.4, 0.5) is 0 Å². The van der Waals surface area contributed by atoms with Crippen LogP contribution in [0.1, 0.15) is 5.56 Å². The van der Waals surface area contributed by atoms with Crippen LogP contribution in [0, 0.1) is 0 Å². The molecule has 0 aliphatic rings. The van der Waals surface area contributed by atoms with Gasteiger partial charge in [-0.3, -0.25) is 9.59 Å². The van der Waals surface area contributed by atoms with E-state index in [9.17, 15) is 9.59 Å². The van der Waals surface area contributed by atoms with Gasteiger partial charge < -0.3 is 15.8 Å². The number of hydrogen-bond donors (Lipinski definition) is 3. The van der Waals surface area contributed by atoms with Crippen LogP contribution in [-0.2, 0) is 11.2 Å². The lowest BCUT2D eigenvalue weighted by Crippen LogP contribution is -2.21. The van der Waals surface area contributed by atoms with Gasteiger partial charge in [0.1, 0.15) is 0 Å². The Morgan fingerprint density at radius 1 is 1.75 bits per heavy atom. The van der Waals surface area contributed by atoms with Crippen molar-refractivity contribution in [1.82, 2.24) is 9.97 Å². The number of aromatic hydroxyl groups is 1. The van der Waals surface area contributed by atoms with Gasteiger partial charge in [-0.05, 0) is 0 Å². The fourth-order valence-corrected chi connectivity index (χ4v) is 0.752. The third-order valence-corrected chi connectivity index (χ3v) is 1.28. The summed E-state index contributed by atoms with van der Waals surface area (Å²) in [5.74, 6) is -1.15. The van der Waals surface area contributed by atoms with Gasteiger partial charge in [0.2, 0.25) is 11.8 Å². The van der Waals surface area contributed by atoms with E-state index in [-0.39, 0.29) is 12.0 Å². The highest BCUT2D eigenvalue weighted by Crippen LogP contribution is 2.05. The second-order valence-corrected chi connectivity index (χ2v) is 2.18. The average Bonchev–Trinajstić information content (AvgIpc) is 1.97. The SMILES string of the molecule is NC(=O)Cc1c(O)nc[nH]c1=O. The quantitative estimate of drug-likeness (QED) is 0.500. The third kappa shape index (κ3) is 1.60. The highest BCUT2D eigenvalue weighted by molar-refractivity contribution is 5.76. The molecule has 1 amide bonds. The lowest BCUT2D eigenvalue weighted by Gasteiger charge is -1.97. The predicted molar refractivity (Wildman–Crippen MR) is 39.4 cm³/mol. The summed E-state index contributed by atoms with van der Waals surface area (Å²) in [5.41, 5.74) is 4.17. The number of hydrogen-bond acceptors (Lipinski definition) is 4. The standard InChI is InChI=1S/C6H7N3O3/c7-4(10)1-3-5(11)8-2-9-6(3)12/h2H,1H2,(H2,7,10)(H2,8,9,11,12). The number of primary amides is 1. The number of nitrogens with one attached hydrogen (secondary N) is 1. The second-order valence-electron chi connectivity index (χ2n) is 2.18. The summed E-state index contributed by atoms with van der Waals surface area (Å²) < 4.78 is 0. The fourth-order valence-electron chi connectivity index (χ4n) is 0.752. The molecule has 64 valence electrons. The van der Waals surface area contributed by atoms with Crippen LogP contribution in [0.2, 0.25) is 0 Å². The van der Waals surface area contributed by atoms with Crippen LogP contribution in [-0.4, -0.2) is 21.0 Å². The molecule has 0 aromatic carbocycles. The van der Waals surface area contributed by atoms with Crippen LogP contribution in [0.3, 0.4) is 0 Å². The van der Waals surface area contributed by atoms with Crippen molar-refractivity contribution in [2.45, 2.75) is 6.42 Å². The number of H-pyrrole nitrogens is 1. The van der Waals surface area contributed by atoms with Crippen molar-refractivity contribution in [2.75, 3.05) is 0 Å². The molecular formula is C6H7N3O3. The Morgan fingerprint density at radius 3 is 2.92 bits per heavy atom. The van der Waals surface area contributed by atoms with Crippen molar-refractivity contribution in [3.05, 3.63) is 22.2 Å². The first-order valence-corrected chi connectivity index (χ1v) is 3.15. The Balaban J connectivity index is 3.13. The predicted octanol–water partition coefficient (Wildman–Crippen LogP) is -1.50. The molecule has 6 heteroatoms. The van der Waals surface area contributed by atoms with Crippen LogP contribution < -0.4 is 11.3 Å². The number of nitrogens with two attached hydrogens (primary N) is 1. The van der Waals surface area contributed by atoms with Gasteiger partial charge in [0.05, 0.1) is 18.3 Å². The Morgan fingerprint density at radius 2 is 2.42 bits per heavy atom. The van der Waals surface area contributed by atoms with Crippen molar-refractivity contribution in [2.24, 2.45) is 5.73 Å². The van der Waals surface area contributed by atoms with Crippen molar-refractivity contribution in [3.8, 4) is 5.88 Å².